The highest BCUT2D eigenvalue weighted by molar-refractivity contribution is 5.46. The summed E-state index contributed by atoms with van der Waals surface area (Å²) in [7, 11) is 1.49. The summed E-state index contributed by atoms with van der Waals surface area (Å²) >= 11 is 0. The van der Waals surface area contributed by atoms with Gasteiger partial charge < -0.3 is 9.47 Å². The lowest BCUT2D eigenvalue weighted by Crippen LogP contribution is -2.54. The molecule has 2 unspecified atom stereocenters. The van der Waals surface area contributed by atoms with E-state index in [0.717, 1.165) is 42.8 Å². The van der Waals surface area contributed by atoms with Crippen molar-refractivity contribution in [1.82, 2.24) is 0 Å². The predicted octanol–water partition coefficient (Wildman–Crippen LogP) is 9.71. The van der Waals surface area contributed by atoms with Gasteiger partial charge in [-0.2, -0.15) is 26.3 Å². The van der Waals surface area contributed by atoms with Crippen LogP contribution in [0, 0.1) is 5.92 Å². The largest absolute Gasteiger partial charge is 0.493 e. The maximum absolute atomic E-state index is 14.3. The normalized spacial score (nSPS) is 13.5. The predicted molar refractivity (Wildman–Crippen MR) is 138 cm³/mol. The molecule has 0 heterocycles. The van der Waals surface area contributed by atoms with Crippen LogP contribution in [0.4, 0.5) is 26.3 Å². The average Bonchev–Trinajstić information content (AvgIpc) is 2.88. The molecule has 2 rings (SSSR count). The lowest BCUT2D eigenvalue weighted by molar-refractivity contribution is -0.288. The number of hydrogen-bond donors (Lipinski definition) is 0. The zero-order valence-electron chi connectivity index (χ0n) is 23.2. The maximum atomic E-state index is 14.3. The Bertz CT molecular complexity index is 844. The third-order valence-corrected chi connectivity index (χ3v) is 6.04. The number of rotatable bonds is 10. The van der Waals surface area contributed by atoms with Crippen LogP contribution < -0.4 is 4.74 Å². The summed E-state index contributed by atoms with van der Waals surface area (Å²) in [6, 6.07) is 8.48. The Labute approximate surface area is 218 Å². The van der Waals surface area contributed by atoms with E-state index in [2.05, 4.69) is 0 Å². The van der Waals surface area contributed by atoms with Crippen molar-refractivity contribution in [2.24, 2.45) is 5.92 Å². The minimum atomic E-state index is -5.62. The Balaban J connectivity index is 0.00000308. The Kier molecular flexibility index (Phi) is 14.9. The van der Waals surface area contributed by atoms with Crippen LogP contribution in [0.25, 0.3) is 0 Å². The number of ether oxygens (including phenoxy) is 2. The highest BCUT2D eigenvalue weighted by Gasteiger charge is 2.72. The van der Waals surface area contributed by atoms with E-state index in [1.165, 1.54) is 19.2 Å². The number of alkyl halides is 6. The van der Waals surface area contributed by atoms with Crippen molar-refractivity contribution >= 4 is 0 Å². The van der Waals surface area contributed by atoms with Gasteiger partial charge in [-0.15, -0.1) is 0 Å². The minimum Gasteiger partial charge on any atom is -0.493 e. The van der Waals surface area contributed by atoms with Gasteiger partial charge in [0.2, 0.25) is 5.41 Å². The van der Waals surface area contributed by atoms with Crippen LogP contribution in [-0.4, -0.2) is 32.7 Å². The van der Waals surface area contributed by atoms with Gasteiger partial charge in [-0.05, 0) is 41.2 Å². The van der Waals surface area contributed by atoms with E-state index in [1.54, 1.807) is 0 Å². The molecule has 2 atom stereocenters. The highest BCUT2D eigenvalue weighted by atomic mass is 19.4. The van der Waals surface area contributed by atoms with Crippen LogP contribution >= 0.6 is 0 Å². The van der Waals surface area contributed by atoms with Gasteiger partial charge in [-0.1, -0.05) is 91.3 Å². The van der Waals surface area contributed by atoms with Crippen molar-refractivity contribution in [3.8, 4) is 5.75 Å². The molecule has 2 aromatic carbocycles. The molecule has 0 N–H and O–H groups in total. The van der Waals surface area contributed by atoms with E-state index >= 15 is 0 Å². The summed E-state index contributed by atoms with van der Waals surface area (Å²) in [5, 5.41) is 0. The molecule has 0 fully saturated rings. The van der Waals surface area contributed by atoms with Gasteiger partial charge >= 0.3 is 12.4 Å². The van der Waals surface area contributed by atoms with Crippen molar-refractivity contribution in [3.63, 3.8) is 0 Å². The van der Waals surface area contributed by atoms with Crippen LogP contribution in [0.1, 0.15) is 83.9 Å². The summed E-state index contributed by atoms with van der Waals surface area (Å²) in [5.41, 5.74) is -5.34. The van der Waals surface area contributed by atoms with Gasteiger partial charge in [-0.3, -0.25) is 0 Å². The molecule has 0 aromatic heterocycles. The summed E-state index contributed by atoms with van der Waals surface area (Å²) in [6.07, 6.45) is -9.78. The van der Waals surface area contributed by atoms with Gasteiger partial charge in [0.05, 0.1) is 13.2 Å². The monoisotopic (exact) mass is 536 g/mol. The third kappa shape index (κ3) is 8.39. The van der Waals surface area contributed by atoms with E-state index in [0.29, 0.717) is 25.2 Å². The van der Waals surface area contributed by atoms with Crippen molar-refractivity contribution in [2.75, 3.05) is 20.3 Å². The second-order valence-corrected chi connectivity index (χ2v) is 8.28. The Morgan fingerprint density at radius 2 is 1.11 bits per heavy atom. The maximum Gasteiger partial charge on any atom is 0.411 e. The first-order valence-electron chi connectivity index (χ1n) is 12.9. The van der Waals surface area contributed by atoms with Crippen molar-refractivity contribution in [2.45, 2.75) is 85.0 Å². The highest BCUT2D eigenvalue weighted by Crippen LogP contribution is 2.56. The molecule has 0 spiro atoms. The summed E-state index contributed by atoms with van der Waals surface area (Å²) in [6.45, 7) is 14.4. The molecule has 0 aliphatic carbocycles. The van der Waals surface area contributed by atoms with Crippen LogP contribution in [0.5, 0.6) is 5.75 Å². The third-order valence-electron chi connectivity index (χ3n) is 6.04. The van der Waals surface area contributed by atoms with Gasteiger partial charge in [0, 0.05) is 13.0 Å². The first-order valence-corrected chi connectivity index (χ1v) is 12.9. The zero-order valence-corrected chi connectivity index (χ0v) is 23.2. The lowest BCUT2D eigenvalue weighted by atomic mass is 9.72. The Morgan fingerprint density at radius 1 is 0.676 bits per heavy atom. The molecule has 0 amide bonds. The molecule has 8 heteroatoms. The lowest BCUT2D eigenvalue weighted by Gasteiger charge is -2.38. The molecule has 0 saturated heterocycles. The van der Waals surface area contributed by atoms with Crippen LogP contribution in [0.2, 0.25) is 0 Å². The smallest absolute Gasteiger partial charge is 0.411 e. The molecule has 2 nitrogen and oxygen atoms in total. The first kappa shape index (κ1) is 34.8. The van der Waals surface area contributed by atoms with E-state index in [-0.39, 0.29) is 17.6 Å². The molecule has 2 aromatic rings. The molecule has 0 saturated carbocycles. The first-order chi connectivity index (χ1) is 17.4. The van der Waals surface area contributed by atoms with E-state index in [9.17, 15) is 26.3 Å². The zero-order chi connectivity index (χ0) is 28.9. The van der Waals surface area contributed by atoms with Crippen molar-refractivity contribution < 1.29 is 35.8 Å². The van der Waals surface area contributed by atoms with Crippen LogP contribution in [0.15, 0.2) is 48.5 Å². The summed E-state index contributed by atoms with van der Waals surface area (Å²) < 4.78 is 96.5. The molecule has 37 heavy (non-hydrogen) atoms. The van der Waals surface area contributed by atoms with Gasteiger partial charge in [-0.25, -0.2) is 0 Å². The number of hydrogen-bond acceptors (Lipinski definition) is 2. The summed E-state index contributed by atoms with van der Waals surface area (Å²) in [5.74, 6) is 0.299. The molecule has 0 aliphatic rings. The molecule has 0 radical (unpaired) electrons. The van der Waals surface area contributed by atoms with E-state index in [4.69, 9.17) is 9.47 Å². The Hall–Kier alpha value is -2.22. The minimum absolute atomic E-state index is 0.128. The van der Waals surface area contributed by atoms with Crippen LogP contribution in [0.3, 0.4) is 0 Å². The quantitative estimate of drug-likeness (QED) is 0.281. The molecular formula is C29H42F6O2. The van der Waals surface area contributed by atoms with Crippen molar-refractivity contribution in [1.29, 1.82) is 0 Å². The van der Waals surface area contributed by atoms with Gasteiger partial charge in [0.15, 0.2) is 0 Å². The molecule has 212 valence electrons. The second-order valence-electron chi connectivity index (χ2n) is 8.28. The Morgan fingerprint density at radius 3 is 1.46 bits per heavy atom. The van der Waals surface area contributed by atoms with E-state index < -0.39 is 28.9 Å². The summed E-state index contributed by atoms with van der Waals surface area (Å²) in [4.78, 5) is 0. The van der Waals surface area contributed by atoms with Crippen LogP contribution in [-0.2, 0) is 10.2 Å². The fraction of sp³-hybridized carbons (Fsp3) is 0.586. The molecule has 0 aliphatic heterocycles. The fourth-order valence-electron chi connectivity index (χ4n) is 3.80. The standard InChI is InChI=1S/C25H30F6O2.2C2H6/c1-5-17(3)15-33-22-13-11-21(12-14-22)23(24(26,27)28,25(29,30)31)20-9-7-19(8-10-20)18(6-2)16-32-4;2*1-2/h7-14,17-18H,5-6,15-16H2,1-4H3;2*1-2H3. The van der Waals surface area contributed by atoms with Gasteiger partial charge in [0.25, 0.3) is 0 Å². The van der Waals surface area contributed by atoms with Gasteiger partial charge in [0.1, 0.15) is 5.75 Å². The molecule has 0 bridgehead atoms. The fourth-order valence-corrected chi connectivity index (χ4v) is 3.80. The number of benzene rings is 2. The SMILES string of the molecule is CC.CC.CCC(C)COc1ccc(C(c2ccc(C(CC)COC)cc2)(C(F)(F)F)C(F)(F)F)cc1. The second kappa shape index (κ2) is 15.9. The topological polar surface area (TPSA) is 18.5 Å². The molecular weight excluding hydrogens is 494 g/mol. The average molecular weight is 537 g/mol. The number of methoxy groups -OCH3 is 1. The number of halogens is 6. The van der Waals surface area contributed by atoms with E-state index in [1.807, 2.05) is 48.5 Å². The van der Waals surface area contributed by atoms with Crippen molar-refractivity contribution in [3.05, 3.63) is 65.2 Å².